The van der Waals surface area contributed by atoms with Crippen LogP contribution < -0.4 is 15.5 Å². The highest BCUT2D eigenvalue weighted by Crippen LogP contribution is 2.23. The zero-order chi connectivity index (χ0) is 18.5. The van der Waals surface area contributed by atoms with Gasteiger partial charge in [0.1, 0.15) is 0 Å². The molecular formula is C19H28N6O. The number of aromatic nitrogens is 3. The van der Waals surface area contributed by atoms with E-state index in [-0.39, 0.29) is 5.91 Å². The van der Waals surface area contributed by atoms with Crippen LogP contribution in [0.3, 0.4) is 0 Å². The molecule has 3 rings (SSSR count). The van der Waals surface area contributed by atoms with Gasteiger partial charge in [-0.05, 0) is 64.0 Å². The SMILES string of the molecule is CCN(CC)c1ccc(C(=O)Nc2nc(C3CCNCC3)nn2C)cc1. The molecule has 0 unspecified atom stereocenters. The molecule has 2 heterocycles. The minimum atomic E-state index is -0.163. The summed E-state index contributed by atoms with van der Waals surface area (Å²) in [4.78, 5) is 19.4. The second-order valence-electron chi connectivity index (χ2n) is 6.61. The Labute approximate surface area is 154 Å². The van der Waals surface area contributed by atoms with E-state index in [1.54, 1.807) is 4.68 Å². The monoisotopic (exact) mass is 356 g/mol. The van der Waals surface area contributed by atoms with Crippen molar-refractivity contribution >= 4 is 17.5 Å². The number of aryl methyl sites for hydroxylation is 1. The second kappa shape index (κ2) is 8.31. The third-order valence-corrected chi connectivity index (χ3v) is 4.97. The largest absolute Gasteiger partial charge is 0.372 e. The summed E-state index contributed by atoms with van der Waals surface area (Å²) >= 11 is 0. The number of nitrogens with zero attached hydrogens (tertiary/aromatic N) is 4. The number of hydrogen-bond donors (Lipinski definition) is 2. The highest BCUT2D eigenvalue weighted by Gasteiger charge is 2.21. The van der Waals surface area contributed by atoms with Crippen LogP contribution >= 0.6 is 0 Å². The molecule has 1 amide bonds. The maximum absolute atomic E-state index is 12.6. The number of amides is 1. The van der Waals surface area contributed by atoms with Gasteiger partial charge in [-0.2, -0.15) is 10.1 Å². The van der Waals surface area contributed by atoms with Crippen molar-refractivity contribution in [3.8, 4) is 0 Å². The molecule has 2 aromatic rings. The molecule has 0 aliphatic carbocycles. The van der Waals surface area contributed by atoms with E-state index in [2.05, 4.69) is 39.5 Å². The fourth-order valence-corrected chi connectivity index (χ4v) is 3.35. The van der Waals surface area contributed by atoms with Gasteiger partial charge in [0.25, 0.3) is 5.91 Å². The number of benzene rings is 1. The summed E-state index contributed by atoms with van der Waals surface area (Å²) in [6, 6.07) is 7.68. The number of nitrogens with one attached hydrogen (secondary N) is 2. The molecule has 1 aliphatic rings. The predicted octanol–water partition coefficient (Wildman–Crippen LogP) is 2.38. The van der Waals surface area contributed by atoms with E-state index in [4.69, 9.17) is 0 Å². The number of carbonyl (C=O) groups excluding carboxylic acids is 1. The van der Waals surface area contributed by atoms with E-state index in [9.17, 15) is 4.79 Å². The van der Waals surface area contributed by atoms with E-state index >= 15 is 0 Å². The van der Waals surface area contributed by atoms with Crippen molar-refractivity contribution in [2.45, 2.75) is 32.6 Å². The molecule has 7 heteroatoms. The molecule has 1 aromatic carbocycles. The molecule has 0 atom stereocenters. The Morgan fingerprint density at radius 1 is 1.23 bits per heavy atom. The zero-order valence-electron chi connectivity index (χ0n) is 15.8. The van der Waals surface area contributed by atoms with Gasteiger partial charge < -0.3 is 10.2 Å². The van der Waals surface area contributed by atoms with Gasteiger partial charge in [-0.3, -0.25) is 10.1 Å². The smallest absolute Gasteiger partial charge is 0.258 e. The van der Waals surface area contributed by atoms with Gasteiger partial charge in [0.15, 0.2) is 5.82 Å². The summed E-state index contributed by atoms with van der Waals surface area (Å²) in [6.45, 7) is 8.12. The van der Waals surface area contributed by atoms with Crippen LogP contribution in [0, 0.1) is 0 Å². The van der Waals surface area contributed by atoms with E-state index in [1.165, 1.54) is 0 Å². The molecule has 0 spiro atoms. The minimum absolute atomic E-state index is 0.163. The average Bonchev–Trinajstić information content (AvgIpc) is 3.04. The van der Waals surface area contributed by atoms with Gasteiger partial charge in [-0.1, -0.05) is 0 Å². The normalized spacial score (nSPS) is 15.0. The molecule has 140 valence electrons. The Morgan fingerprint density at radius 3 is 2.50 bits per heavy atom. The Balaban J connectivity index is 1.68. The molecule has 26 heavy (non-hydrogen) atoms. The van der Waals surface area contributed by atoms with Crippen molar-refractivity contribution in [2.75, 3.05) is 36.4 Å². The summed E-state index contributed by atoms with van der Waals surface area (Å²) in [5, 5.41) is 10.7. The van der Waals surface area contributed by atoms with Crippen LogP contribution in [0.1, 0.15) is 48.8 Å². The molecule has 1 fully saturated rings. The van der Waals surface area contributed by atoms with Crippen molar-refractivity contribution in [3.63, 3.8) is 0 Å². The van der Waals surface area contributed by atoms with Crippen LogP contribution in [-0.2, 0) is 7.05 Å². The Kier molecular flexibility index (Phi) is 5.88. The average molecular weight is 356 g/mol. The highest BCUT2D eigenvalue weighted by molar-refractivity contribution is 6.03. The number of hydrogen-bond acceptors (Lipinski definition) is 5. The van der Waals surface area contributed by atoms with E-state index in [0.717, 1.165) is 50.5 Å². The maximum Gasteiger partial charge on any atom is 0.258 e. The first kappa shape index (κ1) is 18.4. The van der Waals surface area contributed by atoms with Crippen LogP contribution in [0.4, 0.5) is 11.6 Å². The summed E-state index contributed by atoms with van der Waals surface area (Å²) in [5.41, 5.74) is 1.74. The van der Waals surface area contributed by atoms with Crippen LogP contribution in [0.2, 0.25) is 0 Å². The fourth-order valence-electron chi connectivity index (χ4n) is 3.35. The molecule has 7 nitrogen and oxygen atoms in total. The summed E-state index contributed by atoms with van der Waals surface area (Å²) in [5.74, 6) is 1.52. The third kappa shape index (κ3) is 4.04. The first-order valence-electron chi connectivity index (χ1n) is 9.40. The lowest BCUT2D eigenvalue weighted by Crippen LogP contribution is -2.27. The molecule has 2 N–H and O–H groups in total. The van der Waals surface area contributed by atoms with Crippen LogP contribution in [0.15, 0.2) is 24.3 Å². The molecule has 1 aliphatic heterocycles. The van der Waals surface area contributed by atoms with Crippen molar-refractivity contribution in [2.24, 2.45) is 7.05 Å². The van der Waals surface area contributed by atoms with Crippen molar-refractivity contribution in [1.82, 2.24) is 20.1 Å². The lowest BCUT2D eigenvalue weighted by molar-refractivity contribution is 0.102. The minimum Gasteiger partial charge on any atom is -0.372 e. The van der Waals surface area contributed by atoms with Gasteiger partial charge in [0.2, 0.25) is 5.95 Å². The van der Waals surface area contributed by atoms with E-state index in [1.807, 2.05) is 31.3 Å². The van der Waals surface area contributed by atoms with Crippen molar-refractivity contribution in [1.29, 1.82) is 0 Å². The zero-order valence-corrected chi connectivity index (χ0v) is 15.8. The molecule has 0 bridgehead atoms. The Hall–Kier alpha value is -2.41. The van der Waals surface area contributed by atoms with Gasteiger partial charge in [-0.15, -0.1) is 0 Å². The quantitative estimate of drug-likeness (QED) is 0.831. The van der Waals surface area contributed by atoms with Crippen LogP contribution in [-0.4, -0.2) is 46.9 Å². The molecular weight excluding hydrogens is 328 g/mol. The first-order chi connectivity index (χ1) is 12.6. The van der Waals surface area contributed by atoms with Crippen LogP contribution in [0.25, 0.3) is 0 Å². The number of rotatable bonds is 6. The number of carbonyl (C=O) groups is 1. The summed E-state index contributed by atoms with van der Waals surface area (Å²) in [7, 11) is 1.82. The van der Waals surface area contributed by atoms with Gasteiger partial charge in [-0.25, -0.2) is 4.68 Å². The van der Waals surface area contributed by atoms with Crippen molar-refractivity contribution < 1.29 is 4.79 Å². The molecule has 0 radical (unpaired) electrons. The van der Waals surface area contributed by atoms with E-state index in [0.29, 0.717) is 17.4 Å². The first-order valence-corrected chi connectivity index (χ1v) is 9.40. The Morgan fingerprint density at radius 2 is 1.88 bits per heavy atom. The maximum atomic E-state index is 12.6. The topological polar surface area (TPSA) is 75.1 Å². The standard InChI is InChI=1S/C19H28N6O/c1-4-25(5-2)16-8-6-15(7-9-16)18(26)22-19-21-17(23-24(19)3)14-10-12-20-13-11-14/h6-9,14,20H,4-5,10-13H2,1-3H3,(H,21,22,23,26). The third-order valence-electron chi connectivity index (χ3n) is 4.97. The van der Waals surface area contributed by atoms with Gasteiger partial charge in [0.05, 0.1) is 0 Å². The lowest BCUT2D eigenvalue weighted by atomic mass is 9.98. The summed E-state index contributed by atoms with van der Waals surface area (Å²) in [6.07, 6.45) is 2.06. The van der Waals surface area contributed by atoms with Gasteiger partial charge in [0, 0.05) is 37.3 Å². The fraction of sp³-hybridized carbons (Fsp3) is 0.526. The van der Waals surface area contributed by atoms with Crippen molar-refractivity contribution in [3.05, 3.63) is 35.7 Å². The summed E-state index contributed by atoms with van der Waals surface area (Å²) < 4.78 is 1.65. The number of piperidine rings is 1. The van der Waals surface area contributed by atoms with Gasteiger partial charge >= 0.3 is 0 Å². The molecule has 1 saturated heterocycles. The van der Waals surface area contributed by atoms with E-state index < -0.39 is 0 Å². The molecule has 1 aromatic heterocycles. The number of anilines is 2. The second-order valence-corrected chi connectivity index (χ2v) is 6.61. The van der Waals surface area contributed by atoms with Crippen LogP contribution in [0.5, 0.6) is 0 Å². The molecule has 0 saturated carbocycles. The lowest BCUT2D eigenvalue weighted by Gasteiger charge is -2.21. The highest BCUT2D eigenvalue weighted by atomic mass is 16.1. The Bertz CT molecular complexity index is 729. The predicted molar refractivity (Wildman–Crippen MR) is 104 cm³/mol.